The van der Waals surface area contributed by atoms with Crippen LogP contribution in [0.4, 0.5) is 0 Å². The highest BCUT2D eigenvalue weighted by molar-refractivity contribution is 7.89. The summed E-state index contributed by atoms with van der Waals surface area (Å²) < 4.78 is 25.8. The van der Waals surface area contributed by atoms with Crippen molar-refractivity contribution in [1.82, 2.24) is 9.62 Å². The third-order valence-electron chi connectivity index (χ3n) is 3.71. The van der Waals surface area contributed by atoms with Crippen molar-refractivity contribution in [3.8, 4) is 0 Å². The first-order valence-corrected chi connectivity index (χ1v) is 7.95. The Bertz CT molecular complexity index is 315. The van der Waals surface area contributed by atoms with E-state index < -0.39 is 10.0 Å². The molecular formula is C11H22N2O2S. The third kappa shape index (κ3) is 2.57. The van der Waals surface area contributed by atoms with E-state index in [1.165, 1.54) is 12.8 Å². The molecule has 2 aliphatic rings. The van der Waals surface area contributed by atoms with Gasteiger partial charge in [-0.25, -0.2) is 12.7 Å². The Morgan fingerprint density at radius 2 is 2.19 bits per heavy atom. The number of nitrogens with zero attached hydrogens (tertiary/aromatic N) is 1. The summed E-state index contributed by atoms with van der Waals surface area (Å²) in [5.41, 5.74) is 0. The third-order valence-corrected chi connectivity index (χ3v) is 5.60. The zero-order valence-electron chi connectivity index (χ0n) is 9.98. The van der Waals surface area contributed by atoms with Gasteiger partial charge in [-0.15, -0.1) is 0 Å². The Kier molecular flexibility index (Phi) is 3.87. The van der Waals surface area contributed by atoms with Crippen LogP contribution in [0.5, 0.6) is 0 Å². The molecule has 2 aliphatic heterocycles. The zero-order chi connectivity index (χ0) is 11.6. The van der Waals surface area contributed by atoms with Gasteiger partial charge in [0.15, 0.2) is 0 Å². The van der Waals surface area contributed by atoms with Gasteiger partial charge >= 0.3 is 0 Å². The summed E-state index contributed by atoms with van der Waals surface area (Å²) in [5.74, 6) is 0.869. The summed E-state index contributed by atoms with van der Waals surface area (Å²) in [6.07, 6.45) is 4.08. The summed E-state index contributed by atoms with van der Waals surface area (Å²) in [6.45, 7) is 4.51. The number of sulfonamides is 1. The van der Waals surface area contributed by atoms with Crippen LogP contribution in [-0.2, 0) is 10.0 Å². The van der Waals surface area contributed by atoms with E-state index in [1.807, 2.05) is 6.92 Å². The van der Waals surface area contributed by atoms with Crippen LogP contribution in [0.15, 0.2) is 0 Å². The maximum atomic E-state index is 12.0. The fourth-order valence-electron chi connectivity index (χ4n) is 2.69. The molecule has 94 valence electrons. The van der Waals surface area contributed by atoms with E-state index in [4.69, 9.17) is 0 Å². The van der Waals surface area contributed by atoms with Crippen LogP contribution in [0.1, 0.15) is 32.6 Å². The van der Waals surface area contributed by atoms with Crippen molar-refractivity contribution < 1.29 is 8.42 Å². The van der Waals surface area contributed by atoms with E-state index in [0.717, 1.165) is 25.9 Å². The minimum atomic E-state index is -2.99. The standard InChI is InChI=1S/C11H22N2O2S/c1-2-3-7-16(14,15)13-8-10-5-4-6-12-11(10)9-13/h10-12H,2-9H2,1H3/t10-,11+/m0/s1. The second kappa shape index (κ2) is 5.02. The molecule has 2 fully saturated rings. The second-order valence-electron chi connectivity index (χ2n) is 4.95. The molecule has 2 rings (SSSR count). The van der Waals surface area contributed by atoms with E-state index >= 15 is 0 Å². The summed E-state index contributed by atoms with van der Waals surface area (Å²) in [4.78, 5) is 0. The minimum absolute atomic E-state index is 0.322. The number of nitrogens with one attached hydrogen (secondary N) is 1. The van der Waals surface area contributed by atoms with E-state index in [0.29, 0.717) is 24.3 Å². The van der Waals surface area contributed by atoms with Crippen LogP contribution < -0.4 is 5.32 Å². The van der Waals surface area contributed by atoms with Gasteiger partial charge in [-0.05, 0) is 31.7 Å². The predicted octanol–water partition coefficient (Wildman–Crippen LogP) is 0.800. The van der Waals surface area contributed by atoms with Crippen molar-refractivity contribution in [1.29, 1.82) is 0 Å². The number of rotatable bonds is 4. The van der Waals surface area contributed by atoms with Gasteiger partial charge < -0.3 is 5.32 Å². The number of piperidine rings is 1. The molecule has 1 N–H and O–H groups in total. The normalized spacial score (nSPS) is 31.6. The lowest BCUT2D eigenvalue weighted by molar-refractivity contribution is 0.339. The Labute approximate surface area is 98.4 Å². The zero-order valence-corrected chi connectivity index (χ0v) is 10.8. The molecule has 0 aromatic heterocycles. The van der Waals surface area contributed by atoms with Gasteiger partial charge in [0.05, 0.1) is 5.75 Å². The molecule has 0 bridgehead atoms. The fraction of sp³-hybridized carbons (Fsp3) is 1.00. The molecule has 0 aromatic carbocycles. The van der Waals surface area contributed by atoms with Gasteiger partial charge in [-0.1, -0.05) is 13.3 Å². The van der Waals surface area contributed by atoms with Crippen LogP contribution in [-0.4, -0.2) is 44.2 Å². The van der Waals surface area contributed by atoms with Crippen LogP contribution in [0.2, 0.25) is 0 Å². The van der Waals surface area contributed by atoms with Gasteiger partial charge in [0.2, 0.25) is 10.0 Å². The van der Waals surface area contributed by atoms with Crippen LogP contribution in [0.3, 0.4) is 0 Å². The summed E-state index contributed by atoms with van der Waals surface area (Å²) >= 11 is 0. The second-order valence-corrected chi connectivity index (χ2v) is 7.04. The molecule has 0 aliphatic carbocycles. The number of hydrogen-bond acceptors (Lipinski definition) is 3. The molecule has 4 nitrogen and oxygen atoms in total. The van der Waals surface area contributed by atoms with Gasteiger partial charge in [0.1, 0.15) is 0 Å². The van der Waals surface area contributed by atoms with Crippen molar-refractivity contribution in [2.45, 2.75) is 38.6 Å². The maximum Gasteiger partial charge on any atom is 0.214 e. The Balaban J connectivity index is 1.96. The number of hydrogen-bond donors (Lipinski definition) is 1. The van der Waals surface area contributed by atoms with Crippen LogP contribution in [0.25, 0.3) is 0 Å². The van der Waals surface area contributed by atoms with E-state index in [2.05, 4.69) is 5.32 Å². The fourth-order valence-corrected chi connectivity index (χ4v) is 4.41. The lowest BCUT2D eigenvalue weighted by Crippen LogP contribution is -2.41. The van der Waals surface area contributed by atoms with E-state index in [-0.39, 0.29) is 0 Å². The smallest absolute Gasteiger partial charge is 0.214 e. The first kappa shape index (κ1) is 12.3. The Morgan fingerprint density at radius 1 is 1.38 bits per heavy atom. The molecule has 0 amide bonds. The molecule has 0 unspecified atom stereocenters. The van der Waals surface area contributed by atoms with Crippen LogP contribution in [0, 0.1) is 5.92 Å². The quantitative estimate of drug-likeness (QED) is 0.798. The minimum Gasteiger partial charge on any atom is -0.312 e. The molecule has 5 heteroatoms. The molecular weight excluding hydrogens is 224 g/mol. The first-order valence-electron chi connectivity index (χ1n) is 6.34. The highest BCUT2D eigenvalue weighted by atomic mass is 32.2. The number of unbranched alkanes of at least 4 members (excludes halogenated alkanes) is 1. The molecule has 0 aromatic rings. The summed E-state index contributed by atoms with van der Waals surface area (Å²) in [5, 5.41) is 3.43. The molecule has 0 radical (unpaired) electrons. The molecule has 2 saturated heterocycles. The average Bonchev–Trinajstić information content (AvgIpc) is 2.71. The first-order chi connectivity index (χ1) is 7.63. The van der Waals surface area contributed by atoms with Crippen molar-refractivity contribution in [3.05, 3.63) is 0 Å². The van der Waals surface area contributed by atoms with Gasteiger partial charge in [-0.3, -0.25) is 0 Å². The SMILES string of the molecule is CCCCS(=O)(=O)N1C[C@@H]2CCCN[C@@H]2C1. The van der Waals surface area contributed by atoms with Gasteiger partial charge in [0, 0.05) is 19.1 Å². The predicted molar refractivity (Wildman–Crippen MR) is 64.8 cm³/mol. The lowest BCUT2D eigenvalue weighted by atomic mass is 9.94. The van der Waals surface area contributed by atoms with Crippen molar-refractivity contribution >= 4 is 10.0 Å². The molecule has 16 heavy (non-hydrogen) atoms. The molecule has 0 saturated carbocycles. The molecule has 0 spiro atoms. The average molecular weight is 246 g/mol. The Morgan fingerprint density at radius 3 is 2.88 bits per heavy atom. The maximum absolute atomic E-state index is 12.0. The van der Waals surface area contributed by atoms with Crippen molar-refractivity contribution in [2.75, 3.05) is 25.4 Å². The molecule has 2 heterocycles. The molecule has 2 atom stereocenters. The van der Waals surface area contributed by atoms with E-state index in [9.17, 15) is 8.42 Å². The van der Waals surface area contributed by atoms with Crippen molar-refractivity contribution in [3.63, 3.8) is 0 Å². The summed E-state index contributed by atoms with van der Waals surface area (Å²) in [6, 6.07) is 0.408. The topological polar surface area (TPSA) is 49.4 Å². The monoisotopic (exact) mass is 246 g/mol. The van der Waals surface area contributed by atoms with E-state index in [1.54, 1.807) is 4.31 Å². The van der Waals surface area contributed by atoms with Crippen molar-refractivity contribution in [2.24, 2.45) is 5.92 Å². The highest BCUT2D eigenvalue weighted by Crippen LogP contribution is 2.27. The number of fused-ring (bicyclic) bond motifs is 1. The van der Waals surface area contributed by atoms with Gasteiger partial charge in [-0.2, -0.15) is 0 Å². The van der Waals surface area contributed by atoms with Crippen LogP contribution >= 0.6 is 0 Å². The summed E-state index contributed by atoms with van der Waals surface area (Å²) in [7, 11) is -2.99. The lowest BCUT2D eigenvalue weighted by Gasteiger charge is -2.24. The highest BCUT2D eigenvalue weighted by Gasteiger charge is 2.38. The Hall–Kier alpha value is -0.130. The largest absolute Gasteiger partial charge is 0.312 e. The van der Waals surface area contributed by atoms with Gasteiger partial charge in [0.25, 0.3) is 0 Å².